The number of rotatable bonds is 15. The number of carbonyl (C=O) groups excluding carboxylic acids is 2. The maximum atomic E-state index is 15.4. The molecule has 83 heavy (non-hydrogen) atoms. The van der Waals surface area contributed by atoms with Crippen molar-refractivity contribution in [2.24, 2.45) is 5.41 Å². The number of piperidine rings is 2. The molecule has 0 saturated carbocycles. The van der Waals surface area contributed by atoms with Crippen LogP contribution in [-0.4, -0.2) is 82.1 Å². The van der Waals surface area contributed by atoms with Crippen LogP contribution in [0, 0.1) is 5.41 Å². The number of carboxylic acid groups (broad SMARTS) is 2. The van der Waals surface area contributed by atoms with Crippen molar-refractivity contribution >= 4 is 111 Å². The predicted molar refractivity (Wildman–Crippen MR) is 339 cm³/mol. The molecule has 0 aliphatic carbocycles. The second-order valence-corrected chi connectivity index (χ2v) is 27.4. The first-order valence-electron chi connectivity index (χ1n) is 30.0. The highest BCUT2D eigenvalue weighted by Gasteiger charge is 2.45. The zero-order chi connectivity index (χ0) is 60.3. The lowest BCUT2D eigenvalue weighted by molar-refractivity contribution is -0.228. The molecule has 6 N–H and O–H groups in total. The van der Waals surface area contributed by atoms with Gasteiger partial charge in [-0.3, -0.25) is 9.59 Å². The van der Waals surface area contributed by atoms with Gasteiger partial charge in [0.05, 0.1) is 11.1 Å². The van der Waals surface area contributed by atoms with E-state index in [1.165, 1.54) is 33.4 Å². The molecule has 8 aromatic rings. The molecular weight excluding hydrogens is 1040 g/mol. The van der Waals surface area contributed by atoms with Gasteiger partial charge in [-0.25, -0.2) is 9.59 Å². The Hall–Kier alpha value is -6.96. The molecule has 0 bridgehead atoms. The van der Waals surface area contributed by atoms with E-state index in [-0.39, 0.29) is 33.4 Å². The summed E-state index contributed by atoms with van der Waals surface area (Å²) < 4.78 is 0. The van der Waals surface area contributed by atoms with Crippen LogP contribution < -0.4 is 21.1 Å². The van der Waals surface area contributed by atoms with Gasteiger partial charge in [0.25, 0.3) is 5.91 Å². The lowest BCUT2D eigenvalue weighted by Gasteiger charge is -2.50. The van der Waals surface area contributed by atoms with Crippen LogP contribution in [0.3, 0.4) is 0 Å². The fraction of sp³-hybridized carbons (Fsp3) is 0.437. The number of ketones is 1. The Morgan fingerprint density at radius 2 is 0.880 bits per heavy atom. The number of anilines is 2. The molecule has 10 rings (SSSR count). The van der Waals surface area contributed by atoms with Crippen LogP contribution in [0.2, 0.25) is 0 Å². The average Bonchev–Trinajstić information content (AvgIpc) is 1.61. The highest BCUT2D eigenvalue weighted by Crippen LogP contribution is 2.47. The van der Waals surface area contributed by atoms with Crippen LogP contribution in [0.15, 0.2) is 84.9 Å². The smallest absolute Gasteiger partial charge is 0.336 e. The first kappa shape index (κ1) is 59.2. The van der Waals surface area contributed by atoms with E-state index in [0.29, 0.717) is 87.5 Å². The number of hydrogen-bond donors (Lipinski definition) is 6. The molecule has 2 fully saturated rings. The molecule has 0 radical (unpaired) electrons. The molecule has 2 aliphatic heterocycles. The Labute approximate surface area is 487 Å². The van der Waals surface area contributed by atoms with Gasteiger partial charge in [0, 0.05) is 66.4 Å². The molecule has 2 aliphatic rings. The molecule has 12 nitrogen and oxygen atoms in total. The number of amides is 1. The molecular formula is C71H84N4O8. The van der Waals surface area contributed by atoms with Crippen molar-refractivity contribution in [3.05, 3.63) is 118 Å². The van der Waals surface area contributed by atoms with Crippen LogP contribution in [0.25, 0.3) is 75.8 Å². The third kappa shape index (κ3) is 9.90. The lowest BCUT2D eigenvalue weighted by Crippen LogP contribution is -2.57. The summed E-state index contributed by atoms with van der Waals surface area (Å²) in [6.07, 6.45) is 8.29. The molecule has 2 heterocycles. The summed E-state index contributed by atoms with van der Waals surface area (Å²) in [4.78, 5) is 56.6. The minimum absolute atomic E-state index is 0.00888. The number of nitrogens with one attached hydrogen (secondary N) is 2. The van der Waals surface area contributed by atoms with Crippen molar-refractivity contribution in [2.75, 3.05) is 10.6 Å². The molecule has 436 valence electrons. The number of nitrogens with zero attached hydrogens (tertiary/aromatic N) is 2. The molecule has 12 heteroatoms. The summed E-state index contributed by atoms with van der Waals surface area (Å²) in [5.41, 5.74) is 1.01. The van der Waals surface area contributed by atoms with Crippen molar-refractivity contribution in [1.82, 2.24) is 10.1 Å². The van der Waals surface area contributed by atoms with Crippen molar-refractivity contribution in [3.63, 3.8) is 0 Å². The summed E-state index contributed by atoms with van der Waals surface area (Å²) in [7, 11) is 0. The van der Waals surface area contributed by atoms with Crippen LogP contribution >= 0.6 is 0 Å². The van der Waals surface area contributed by atoms with Crippen molar-refractivity contribution in [2.45, 2.75) is 195 Å². The minimum atomic E-state index is -1.21. The number of aromatic carboxylic acids is 2. The Kier molecular flexibility index (Phi) is 15.0. The maximum Gasteiger partial charge on any atom is 0.336 e. The number of hydrogen-bond acceptors (Lipinski definition) is 9. The van der Waals surface area contributed by atoms with Gasteiger partial charge in [-0.1, -0.05) is 107 Å². The van der Waals surface area contributed by atoms with Crippen molar-refractivity contribution < 1.29 is 39.8 Å². The maximum absolute atomic E-state index is 15.4. The van der Waals surface area contributed by atoms with Crippen LogP contribution in [0.4, 0.5) is 11.4 Å². The molecule has 0 spiro atoms. The van der Waals surface area contributed by atoms with Gasteiger partial charge in [0.2, 0.25) is 0 Å². The van der Waals surface area contributed by atoms with E-state index >= 15 is 4.79 Å². The van der Waals surface area contributed by atoms with E-state index in [1.54, 1.807) is 24.3 Å². The molecule has 0 aromatic heterocycles. The van der Waals surface area contributed by atoms with E-state index in [1.807, 2.05) is 38.1 Å². The molecule has 1 amide bonds. The second kappa shape index (κ2) is 21.0. The van der Waals surface area contributed by atoms with E-state index in [2.05, 4.69) is 118 Å². The highest BCUT2D eigenvalue weighted by atomic mass is 16.5. The summed E-state index contributed by atoms with van der Waals surface area (Å²) in [5.74, 6) is -3.00. The van der Waals surface area contributed by atoms with Gasteiger partial charge in [-0.2, -0.15) is 10.1 Å². The van der Waals surface area contributed by atoms with Gasteiger partial charge in [0.1, 0.15) is 0 Å². The Balaban J connectivity index is 1.23. The Morgan fingerprint density at radius 3 is 1.29 bits per heavy atom. The summed E-state index contributed by atoms with van der Waals surface area (Å²) >= 11 is 0. The third-order valence-corrected chi connectivity index (χ3v) is 19.2. The van der Waals surface area contributed by atoms with Gasteiger partial charge in [0.15, 0.2) is 5.78 Å². The fourth-order valence-electron chi connectivity index (χ4n) is 15.0. The van der Waals surface area contributed by atoms with Gasteiger partial charge >= 0.3 is 11.9 Å². The number of fused-ring (bicyclic) bond motifs is 4. The Bertz CT molecular complexity index is 4090. The largest absolute Gasteiger partial charge is 0.478 e. The first-order chi connectivity index (χ1) is 39.0. The van der Waals surface area contributed by atoms with E-state index in [4.69, 9.17) is 0 Å². The molecule has 2 atom stereocenters. The number of hydroxylamine groups is 4. The topological polar surface area (TPSA) is 180 Å². The number of unbranched alkanes of at least 4 members (excludes halogenated alkanes) is 1. The van der Waals surface area contributed by atoms with Crippen molar-refractivity contribution in [1.29, 1.82) is 0 Å². The SMILES string of the molecule is CCCCC(C)(CC)C(=O)c1ccc2c3ccc(C(=O)O)c4c(C(=O)Nc5ccc6c(=C7CC(C)(C)N(O)C(C)(C)C7)c7cc(NC(C)(CC)CCC)ccc7c(=C7CC(C)(C)N(O)C(C)(C)C7)c6c5)ccc(c5ccc(C(=O)O)c1c52)c43. The second-order valence-electron chi connectivity index (χ2n) is 27.4. The monoisotopic (exact) mass is 1120 g/mol. The summed E-state index contributed by atoms with van der Waals surface area (Å²) in [6.45, 7) is 29.3. The zero-order valence-corrected chi connectivity index (χ0v) is 51.2. The summed E-state index contributed by atoms with van der Waals surface area (Å²) in [6, 6.07) is 26.3. The van der Waals surface area contributed by atoms with Crippen LogP contribution in [0.5, 0.6) is 0 Å². The van der Waals surface area contributed by atoms with Crippen molar-refractivity contribution in [3.8, 4) is 0 Å². The standard InChI is InChI=1S/C71H84N4O8/c1-15-19-33-70(13,17-3)62(76)50-28-24-44-47-27-31-53(65(80)81)61-51(29-25-45(59(47)61)46-26-30-52(64(78)79)60(50)58(44)46)63(77)72-42-20-22-48-54(34-42)56(40-36-66(5,6)74(82)67(7,8)37-40)49-23-21-43(73-71(14,18-4)32-16-2)35-55(49)57(48)41-38-68(9,10)75(83)69(11,12)39-41/h20-31,34-35,73,82-83H,15-19,32-33,36-39H2,1-14H3,(H,72,77)(H,78,79)(H,80,81). The van der Waals surface area contributed by atoms with Crippen LogP contribution in [-0.2, 0) is 0 Å². The Morgan fingerprint density at radius 1 is 0.482 bits per heavy atom. The number of carbonyl (C=O) groups is 4. The molecule has 2 unspecified atom stereocenters. The number of carboxylic acids is 2. The predicted octanol–water partition coefficient (Wildman–Crippen LogP) is 16.2. The average molecular weight is 1120 g/mol. The van der Waals surface area contributed by atoms with E-state index in [0.717, 1.165) is 69.8 Å². The summed E-state index contributed by atoms with van der Waals surface area (Å²) in [5, 5.41) is 65.7. The third-order valence-electron chi connectivity index (χ3n) is 19.2. The normalized spacial score (nSPS) is 18.7. The highest BCUT2D eigenvalue weighted by molar-refractivity contribution is 6.39. The number of Topliss-reactive ketones (excluding diaryl/α,β-unsaturated/α-hetero) is 1. The fourth-order valence-corrected chi connectivity index (χ4v) is 15.0. The first-order valence-corrected chi connectivity index (χ1v) is 30.0. The molecule has 8 aromatic carbocycles. The van der Waals surface area contributed by atoms with Crippen LogP contribution in [0.1, 0.15) is 209 Å². The minimum Gasteiger partial charge on any atom is -0.478 e. The number of benzene rings is 8. The molecule has 2 saturated heterocycles. The lowest BCUT2D eigenvalue weighted by atomic mass is 9.74. The van der Waals surface area contributed by atoms with E-state index in [9.17, 15) is 35.0 Å². The van der Waals surface area contributed by atoms with Gasteiger partial charge < -0.3 is 31.3 Å². The zero-order valence-electron chi connectivity index (χ0n) is 51.2. The van der Waals surface area contributed by atoms with Gasteiger partial charge in [-0.15, -0.1) is 0 Å². The van der Waals surface area contributed by atoms with E-state index < -0.39 is 45.4 Å². The van der Waals surface area contributed by atoms with Gasteiger partial charge in [-0.05, 0) is 220 Å². The quantitative estimate of drug-likeness (QED) is 0.0327.